The quantitative estimate of drug-likeness (QED) is 0.836. The van der Waals surface area contributed by atoms with Crippen LogP contribution in [0.4, 0.5) is 0 Å². The van der Waals surface area contributed by atoms with Crippen LogP contribution < -0.4 is 5.32 Å². The van der Waals surface area contributed by atoms with Gasteiger partial charge in [0.05, 0.1) is 0 Å². The summed E-state index contributed by atoms with van der Waals surface area (Å²) in [5, 5.41) is 9.41. The van der Waals surface area contributed by atoms with Crippen molar-refractivity contribution in [3.8, 4) is 0 Å². The molecule has 5 nitrogen and oxygen atoms in total. The minimum atomic E-state index is -0.185. The zero-order chi connectivity index (χ0) is 12.3. The molecule has 1 amide bonds. The minimum Gasteiger partial charge on any atom is -0.347 e. The number of H-pyrrole nitrogens is 1. The third kappa shape index (κ3) is 2.90. The number of rotatable bonds is 3. The molecule has 2 aromatic rings. The Morgan fingerprint density at radius 1 is 1.41 bits per heavy atom. The van der Waals surface area contributed by atoms with Gasteiger partial charge in [0.2, 0.25) is 0 Å². The number of aryl methyl sites for hydroxylation is 2. The molecule has 0 unspecified atom stereocenters. The second kappa shape index (κ2) is 4.78. The van der Waals surface area contributed by atoms with Gasteiger partial charge in [-0.05, 0) is 31.5 Å². The van der Waals surface area contributed by atoms with Gasteiger partial charge in [-0.3, -0.25) is 14.9 Å². The lowest BCUT2D eigenvalue weighted by atomic mass is 10.2. The lowest BCUT2D eigenvalue weighted by Crippen LogP contribution is -2.23. The topological polar surface area (TPSA) is 70.7 Å². The van der Waals surface area contributed by atoms with Crippen LogP contribution in [-0.2, 0) is 6.54 Å². The van der Waals surface area contributed by atoms with E-state index in [9.17, 15) is 4.79 Å². The van der Waals surface area contributed by atoms with Crippen LogP contribution in [-0.4, -0.2) is 21.1 Å². The molecule has 0 saturated heterocycles. The Kier molecular flexibility index (Phi) is 3.18. The Morgan fingerprint density at radius 3 is 2.82 bits per heavy atom. The van der Waals surface area contributed by atoms with Gasteiger partial charge in [0.1, 0.15) is 5.69 Å². The van der Waals surface area contributed by atoms with Crippen LogP contribution in [0.1, 0.15) is 27.4 Å². The van der Waals surface area contributed by atoms with E-state index in [1.165, 1.54) is 0 Å². The number of aromatic amines is 1. The fraction of sp³-hybridized carbons (Fsp3) is 0.250. The molecule has 0 radical (unpaired) electrons. The maximum atomic E-state index is 11.7. The van der Waals surface area contributed by atoms with Crippen molar-refractivity contribution in [3.05, 3.63) is 47.0 Å². The predicted octanol–water partition coefficient (Wildman–Crippen LogP) is 1.35. The number of carbonyl (C=O) groups is 1. The molecular formula is C12H14N4O. The lowest BCUT2D eigenvalue weighted by molar-refractivity contribution is 0.0946. The van der Waals surface area contributed by atoms with Crippen molar-refractivity contribution in [1.82, 2.24) is 20.5 Å². The zero-order valence-electron chi connectivity index (χ0n) is 9.82. The third-order valence-electron chi connectivity index (χ3n) is 2.36. The van der Waals surface area contributed by atoms with E-state index in [-0.39, 0.29) is 5.91 Å². The summed E-state index contributed by atoms with van der Waals surface area (Å²) in [6, 6.07) is 5.57. The summed E-state index contributed by atoms with van der Waals surface area (Å²) in [5.41, 5.74) is 3.20. The van der Waals surface area contributed by atoms with Gasteiger partial charge in [0.15, 0.2) is 0 Å². The Hall–Kier alpha value is -2.17. The smallest absolute Gasteiger partial charge is 0.272 e. The average molecular weight is 230 g/mol. The molecule has 88 valence electrons. The van der Waals surface area contributed by atoms with E-state index in [4.69, 9.17) is 0 Å². The van der Waals surface area contributed by atoms with Gasteiger partial charge in [-0.2, -0.15) is 5.10 Å². The number of carbonyl (C=O) groups excluding carboxylic acids is 1. The fourth-order valence-electron chi connectivity index (χ4n) is 1.41. The molecule has 0 aliphatic heterocycles. The van der Waals surface area contributed by atoms with Crippen molar-refractivity contribution in [2.75, 3.05) is 0 Å². The van der Waals surface area contributed by atoms with Gasteiger partial charge in [0.25, 0.3) is 5.91 Å². The summed E-state index contributed by atoms with van der Waals surface area (Å²) in [5.74, 6) is -0.185. The number of hydrogen-bond donors (Lipinski definition) is 2. The Morgan fingerprint density at radius 2 is 2.24 bits per heavy atom. The summed E-state index contributed by atoms with van der Waals surface area (Å²) < 4.78 is 0. The predicted molar refractivity (Wildman–Crippen MR) is 63.5 cm³/mol. The SMILES string of the molecule is Cc1ccc(CNC(=O)c2cc(C)[nH]n2)cn1. The van der Waals surface area contributed by atoms with E-state index in [2.05, 4.69) is 20.5 Å². The molecule has 0 atom stereocenters. The summed E-state index contributed by atoms with van der Waals surface area (Å²) in [6.45, 7) is 4.24. The highest BCUT2D eigenvalue weighted by Crippen LogP contribution is 2.01. The Bertz CT molecular complexity index is 516. The van der Waals surface area contributed by atoms with E-state index < -0.39 is 0 Å². The molecule has 5 heteroatoms. The first kappa shape index (κ1) is 11.3. The first-order valence-electron chi connectivity index (χ1n) is 5.37. The van der Waals surface area contributed by atoms with Crippen molar-refractivity contribution in [2.45, 2.75) is 20.4 Å². The van der Waals surface area contributed by atoms with Crippen LogP contribution in [0.25, 0.3) is 0 Å². The third-order valence-corrected chi connectivity index (χ3v) is 2.36. The highest BCUT2D eigenvalue weighted by Gasteiger charge is 2.08. The first-order valence-corrected chi connectivity index (χ1v) is 5.37. The summed E-state index contributed by atoms with van der Waals surface area (Å²) in [7, 11) is 0. The van der Waals surface area contributed by atoms with E-state index in [0.717, 1.165) is 17.0 Å². The summed E-state index contributed by atoms with van der Waals surface area (Å²) in [4.78, 5) is 15.8. The van der Waals surface area contributed by atoms with Gasteiger partial charge >= 0.3 is 0 Å². The molecule has 0 fully saturated rings. The number of nitrogens with zero attached hydrogens (tertiary/aromatic N) is 2. The first-order chi connectivity index (χ1) is 8.15. The van der Waals surface area contributed by atoms with Gasteiger partial charge in [-0.1, -0.05) is 6.07 Å². The second-order valence-corrected chi connectivity index (χ2v) is 3.93. The lowest BCUT2D eigenvalue weighted by Gasteiger charge is -2.03. The molecule has 0 aromatic carbocycles. The van der Waals surface area contributed by atoms with Gasteiger partial charge < -0.3 is 5.32 Å². The van der Waals surface area contributed by atoms with Crippen LogP contribution in [0.15, 0.2) is 24.4 Å². The number of hydrogen-bond acceptors (Lipinski definition) is 3. The van der Waals surface area contributed by atoms with Crippen molar-refractivity contribution >= 4 is 5.91 Å². The molecule has 17 heavy (non-hydrogen) atoms. The van der Waals surface area contributed by atoms with E-state index >= 15 is 0 Å². The zero-order valence-corrected chi connectivity index (χ0v) is 9.82. The maximum Gasteiger partial charge on any atom is 0.272 e. The molecule has 0 spiro atoms. The highest BCUT2D eigenvalue weighted by atomic mass is 16.1. The Balaban J connectivity index is 1.94. The number of aromatic nitrogens is 3. The number of pyridine rings is 1. The summed E-state index contributed by atoms with van der Waals surface area (Å²) >= 11 is 0. The fourth-order valence-corrected chi connectivity index (χ4v) is 1.41. The number of nitrogens with one attached hydrogen (secondary N) is 2. The average Bonchev–Trinajstić information content (AvgIpc) is 2.75. The molecular weight excluding hydrogens is 216 g/mol. The molecule has 2 N–H and O–H groups in total. The van der Waals surface area contributed by atoms with Gasteiger partial charge in [-0.25, -0.2) is 0 Å². The largest absolute Gasteiger partial charge is 0.347 e. The van der Waals surface area contributed by atoms with Crippen molar-refractivity contribution in [3.63, 3.8) is 0 Å². The van der Waals surface area contributed by atoms with Gasteiger partial charge in [-0.15, -0.1) is 0 Å². The molecule has 0 bridgehead atoms. The maximum absolute atomic E-state index is 11.7. The molecule has 0 aliphatic rings. The van der Waals surface area contributed by atoms with Crippen molar-refractivity contribution in [2.24, 2.45) is 0 Å². The summed E-state index contributed by atoms with van der Waals surface area (Å²) in [6.07, 6.45) is 1.76. The minimum absolute atomic E-state index is 0.185. The van der Waals surface area contributed by atoms with E-state index in [0.29, 0.717) is 12.2 Å². The van der Waals surface area contributed by atoms with E-state index in [1.54, 1.807) is 12.3 Å². The van der Waals surface area contributed by atoms with Crippen molar-refractivity contribution < 1.29 is 4.79 Å². The highest BCUT2D eigenvalue weighted by molar-refractivity contribution is 5.92. The molecule has 2 heterocycles. The van der Waals surface area contributed by atoms with E-state index in [1.807, 2.05) is 26.0 Å². The Labute approximate surface area is 99.3 Å². The van der Waals surface area contributed by atoms with Gasteiger partial charge in [0, 0.05) is 24.1 Å². The van der Waals surface area contributed by atoms with Crippen molar-refractivity contribution in [1.29, 1.82) is 0 Å². The molecule has 2 rings (SSSR count). The monoisotopic (exact) mass is 230 g/mol. The molecule has 0 aliphatic carbocycles. The van der Waals surface area contributed by atoms with Crippen LogP contribution in [0.5, 0.6) is 0 Å². The van der Waals surface area contributed by atoms with Crippen LogP contribution in [0.3, 0.4) is 0 Å². The molecule has 2 aromatic heterocycles. The molecule has 0 saturated carbocycles. The number of amides is 1. The van der Waals surface area contributed by atoms with Crippen LogP contribution >= 0.6 is 0 Å². The van der Waals surface area contributed by atoms with Crippen LogP contribution in [0.2, 0.25) is 0 Å². The normalized spacial score (nSPS) is 10.2. The van der Waals surface area contributed by atoms with Crippen LogP contribution in [0, 0.1) is 13.8 Å². The second-order valence-electron chi connectivity index (χ2n) is 3.93. The standard InChI is InChI=1S/C12H14N4O/c1-8-3-4-10(6-13-8)7-14-12(17)11-5-9(2)15-16-11/h3-6H,7H2,1-2H3,(H,14,17)(H,15,16).